The van der Waals surface area contributed by atoms with E-state index in [-0.39, 0.29) is 5.69 Å². The first kappa shape index (κ1) is 15.1. The summed E-state index contributed by atoms with van der Waals surface area (Å²) in [6, 6.07) is 10.1. The Morgan fingerprint density at radius 3 is 2.67 bits per heavy atom. The van der Waals surface area contributed by atoms with E-state index in [2.05, 4.69) is 5.32 Å². The van der Waals surface area contributed by atoms with Crippen molar-refractivity contribution in [3.63, 3.8) is 0 Å². The zero-order valence-electron chi connectivity index (χ0n) is 11.7. The normalized spacial score (nSPS) is 10.2. The van der Waals surface area contributed by atoms with E-state index in [1.165, 1.54) is 18.2 Å². The first-order chi connectivity index (χ1) is 10.0. The van der Waals surface area contributed by atoms with E-state index in [4.69, 9.17) is 16.3 Å². The Bertz CT molecular complexity index is 674. The summed E-state index contributed by atoms with van der Waals surface area (Å²) in [7, 11) is 1.62. The second kappa shape index (κ2) is 6.45. The Hall–Kier alpha value is -2.27. The molecule has 21 heavy (non-hydrogen) atoms. The van der Waals surface area contributed by atoms with Crippen LogP contribution in [0.5, 0.6) is 5.75 Å². The van der Waals surface area contributed by atoms with Crippen molar-refractivity contribution < 1.29 is 9.66 Å². The average Bonchev–Trinajstić information content (AvgIpc) is 2.47. The minimum atomic E-state index is -0.432. The molecule has 2 rings (SSSR count). The van der Waals surface area contributed by atoms with E-state index in [9.17, 15) is 10.1 Å². The number of nitrogens with one attached hydrogen (secondary N) is 1. The lowest BCUT2D eigenvalue weighted by Gasteiger charge is -2.11. The minimum Gasteiger partial charge on any atom is -0.497 e. The van der Waals surface area contributed by atoms with Crippen molar-refractivity contribution in [2.45, 2.75) is 13.5 Å². The summed E-state index contributed by atoms with van der Waals surface area (Å²) in [5.41, 5.74) is 2.66. The predicted octanol–water partition coefficient (Wildman–Crippen LogP) is 4.18. The minimum absolute atomic E-state index is 0.0302. The molecule has 2 aromatic rings. The zero-order valence-corrected chi connectivity index (χ0v) is 12.5. The fourth-order valence-corrected chi connectivity index (χ4v) is 2.15. The zero-order chi connectivity index (χ0) is 15.4. The highest BCUT2D eigenvalue weighted by molar-refractivity contribution is 6.31. The van der Waals surface area contributed by atoms with Crippen LogP contribution < -0.4 is 10.1 Å². The molecule has 0 aliphatic rings. The van der Waals surface area contributed by atoms with Crippen LogP contribution in [0, 0.1) is 17.0 Å². The number of nitro benzene ring substituents is 1. The van der Waals surface area contributed by atoms with Gasteiger partial charge in [-0.25, -0.2) is 0 Å². The number of non-ortho nitro benzene ring substituents is 1. The third kappa shape index (κ3) is 3.64. The molecule has 5 nitrogen and oxygen atoms in total. The lowest BCUT2D eigenvalue weighted by atomic mass is 10.1. The van der Waals surface area contributed by atoms with Gasteiger partial charge in [-0.3, -0.25) is 10.1 Å². The Morgan fingerprint density at radius 2 is 2.05 bits per heavy atom. The van der Waals surface area contributed by atoms with Crippen LogP contribution in [0.1, 0.15) is 11.1 Å². The van der Waals surface area contributed by atoms with Gasteiger partial charge >= 0.3 is 0 Å². The van der Waals surface area contributed by atoms with Crippen molar-refractivity contribution in [3.05, 3.63) is 62.7 Å². The Kier molecular flexibility index (Phi) is 4.65. The Labute approximate surface area is 127 Å². The topological polar surface area (TPSA) is 64.4 Å². The number of aryl methyl sites for hydroxylation is 1. The van der Waals surface area contributed by atoms with Crippen molar-refractivity contribution >= 4 is 23.0 Å². The van der Waals surface area contributed by atoms with E-state index in [1.807, 2.05) is 25.1 Å². The highest BCUT2D eigenvalue weighted by atomic mass is 35.5. The van der Waals surface area contributed by atoms with Gasteiger partial charge in [0.25, 0.3) is 5.69 Å². The summed E-state index contributed by atoms with van der Waals surface area (Å²) < 4.78 is 5.15. The van der Waals surface area contributed by atoms with E-state index in [0.29, 0.717) is 17.1 Å². The smallest absolute Gasteiger partial charge is 0.269 e. The van der Waals surface area contributed by atoms with E-state index >= 15 is 0 Å². The van der Waals surface area contributed by atoms with Crippen LogP contribution in [0.25, 0.3) is 0 Å². The van der Waals surface area contributed by atoms with Gasteiger partial charge in [0.05, 0.1) is 12.0 Å². The van der Waals surface area contributed by atoms with E-state index in [0.717, 1.165) is 17.0 Å². The van der Waals surface area contributed by atoms with E-state index < -0.39 is 4.92 Å². The number of hydrogen-bond donors (Lipinski definition) is 1. The van der Waals surface area contributed by atoms with Gasteiger partial charge in [-0.05, 0) is 42.3 Å². The van der Waals surface area contributed by atoms with Crippen LogP contribution in [-0.4, -0.2) is 12.0 Å². The highest BCUT2D eigenvalue weighted by Gasteiger charge is 2.10. The summed E-state index contributed by atoms with van der Waals surface area (Å²) >= 11 is 6.07. The van der Waals surface area contributed by atoms with Gasteiger partial charge in [0.15, 0.2) is 0 Å². The van der Waals surface area contributed by atoms with Crippen LogP contribution in [0.15, 0.2) is 36.4 Å². The number of benzene rings is 2. The standard InChI is InChI=1S/C15H15ClN2O3/c1-10-7-13(21-2)4-6-15(10)17-9-11-8-12(18(19)20)3-5-14(11)16/h3-8,17H,9H2,1-2H3. The maximum Gasteiger partial charge on any atom is 0.269 e. The first-order valence-electron chi connectivity index (χ1n) is 6.32. The molecule has 0 atom stereocenters. The summed E-state index contributed by atoms with van der Waals surface area (Å²) in [5, 5.41) is 14.5. The number of hydrogen-bond acceptors (Lipinski definition) is 4. The third-order valence-corrected chi connectivity index (χ3v) is 3.51. The second-order valence-electron chi connectivity index (χ2n) is 4.57. The quantitative estimate of drug-likeness (QED) is 0.665. The monoisotopic (exact) mass is 306 g/mol. The molecule has 0 aromatic heterocycles. The molecule has 1 N–H and O–H groups in total. The molecule has 0 saturated carbocycles. The van der Waals surface area contributed by atoms with Gasteiger partial charge in [0, 0.05) is 29.4 Å². The van der Waals surface area contributed by atoms with Crippen LogP contribution in [0.2, 0.25) is 5.02 Å². The largest absolute Gasteiger partial charge is 0.497 e. The van der Waals surface area contributed by atoms with Crippen molar-refractivity contribution in [3.8, 4) is 5.75 Å². The first-order valence-corrected chi connectivity index (χ1v) is 6.70. The molecule has 0 amide bonds. The molecule has 0 fully saturated rings. The molecular weight excluding hydrogens is 292 g/mol. The SMILES string of the molecule is COc1ccc(NCc2cc([N+](=O)[O-])ccc2Cl)c(C)c1. The number of nitro groups is 1. The Morgan fingerprint density at radius 1 is 1.29 bits per heavy atom. The van der Waals surface area contributed by atoms with Crippen LogP contribution in [0.3, 0.4) is 0 Å². The summed E-state index contributed by atoms with van der Waals surface area (Å²) in [4.78, 5) is 10.4. The summed E-state index contributed by atoms with van der Waals surface area (Å²) in [5.74, 6) is 0.784. The average molecular weight is 307 g/mol. The summed E-state index contributed by atoms with van der Waals surface area (Å²) in [6.45, 7) is 2.37. The molecule has 0 unspecified atom stereocenters. The molecule has 6 heteroatoms. The van der Waals surface area contributed by atoms with Crippen molar-refractivity contribution in [2.24, 2.45) is 0 Å². The molecule has 0 bridgehead atoms. The molecule has 2 aromatic carbocycles. The fraction of sp³-hybridized carbons (Fsp3) is 0.200. The number of nitrogens with zero attached hydrogens (tertiary/aromatic N) is 1. The fourth-order valence-electron chi connectivity index (χ4n) is 1.96. The molecule has 0 heterocycles. The van der Waals surface area contributed by atoms with Crippen molar-refractivity contribution in [1.82, 2.24) is 0 Å². The molecule has 0 radical (unpaired) electrons. The molecule has 110 valence electrons. The van der Waals surface area contributed by atoms with Crippen molar-refractivity contribution in [1.29, 1.82) is 0 Å². The van der Waals surface area contributed by atoms with Gasteiger partial charge in [-0.15, -0.1) is 0 Å². The lowest BCUT2D eigenvalue weighted by molar-refractivity contribution is -0.384. The van der Waals surface area contributed by atoms with Gasteiger partial charge in [-0.1, -0.05) is 11.6 Å². The van der Waals surface area contributed by atoms with Crippen LogP contribution in [-0.2, 0) is 6.54 Å². The second-order valence-corrected chi connectivity index (χ2v) is 4.97. The third-order valence-electron chi connectivity index (χ3n) is 3.14. The molecule has 0 saturated heterocycles. The maximum absolute atomic E-state index is 10.8. The number of rotatable bonds is 5. The summed E-state index contributed by atoms with van der Waals surface area (Å²) in [6.07, 6.45) is 0. The number of halogens is 1. The Balaban J connectivity index is 2.16. The van der Waals surface area contributed by atoms with E-state index in [1.54, 1.807) is 7.11 Å². The van der Waals surface area contributed by atoms with Gasteiger partial charge < -0.3 is 10.1 Å². The molecule has 0 aliphatic carbocycles. The highest BCUT2D eigenvalue weighted by Crippen LogP contribution is 2.25. The van der Waals surface area contributed by atoms with Gasteiger partial charge in [0.1, 0.15) is 5.75 Å². The van der Waals surface area contributed by atoms with Crippen LogP contribution in [0.4, 0.5) is 11.4 Å². The van der Waals surface area contributed by atoms with Crippen LogP contribution >= 0.6 is 11.6 Å². The number of methoxy groups -OCH3 is 1. The molecule has 0 spiro atoms. The lowest BCUT2D eigenvalue weighted by Crippen LogP contribution is -2.02. The van der Waals surface area contributed by atoms with Gasteiger partial charge in [0.2, 0.25) is 0 Å². The number of anilines is 1. The predicted molar refractivity (Wildman–Crippen MR) is 83.2 cm³/mol. The molecular formula is C15H15ClN2O3. The maximum atomic E-state index is 10.8. The van der Waals surface area contributed by atoms with Gasteiger partial charge in [-0.2, -0.15) is 0 Å². The number of ether oxygens (including phenoxy) is 1. The molecule has 0 aliphatic heterocycles. The van der Waals surface area contributed by atoms with Crippen molar-refractivity contribution in [2.75, 3.05) is 12.4 Å².